The van der Waals surface area contributed by atoms with Crippen molar-refractivity contribution in [2.24, 2.45) is 0 Å². The molecule has 0 saturated carbocycles. The van der Waals surface area contributed by atoms with Gasteiger partial charge in [0.1, 0.15) is 6.04 Å². The SMILES string of the molecule is CCCc1ccc(CCc2ccc(-c3noc([C@H]4NCC[C@@H]4O)n3)cc2C(F)(F)F)cc1. The Morgan fingerprint density at radius 3 is 2.41 bits per heavy atom. The zero-order valence-corrected chi connectivity index (χ0v) is 17.8. The number of rotatable bonds is 7. The van der Waals surface area contributed by atoms with Crippen molar-refractivity contribution in [1.82, 2.24) is 15.5 Å². The molecule has 1 aliphatic rings. The molecule has 0 bridgehead atoms. The minimum atomic E-state index is -4.49. The number of aromatic nitrogens is 2. The summed E-state index contributed by atoms with van der Waals surface area (Å²) in [5.74, 6) is 0.249. The van der Waals surface area contributed by atoms with Crippen LogP contribution < -0.4 is 5.32 Å². The van der Waals surface area contributed by atoms with E-state index >= 15 is 0 Å². The Kier molecular flexibility index (Phi) is 6.62. The summed E-state index contributed by atoms with van der Waals surface area (Å²) in [5, 5.41) is 16.8. The maximum absolute atomic E-state index is 13.8. The molecular formula is C24H26F3N3O2. The Labute approximate surface area is 184 Å². The first-order chi connectivity index (χ1) is 15.3. The molecule has 2 heterocycles. The number of halogens is 3. The number of aliphatic hydroxyl groups excluding tert-OH is 1. The number of aliphatic hydroxyl groups is 1. The van der Waals surface area contributed by atoms with Gasteiger partial charge in [0.25, 0.3) is 0 Å². The monoisotopic (exact) mass is 445 g/mol. The van der Waals surface area contributed by atoms with Crippen LogP contribution in [0.15, 0.2) is 47.0 Å². The number of aryl methyl sites for hydroxylation is 3. The van der Waals surface area contributed by atoms with Gasteiger partial charge in [0.2, 0.25) is 11.7 Å². The summed E-state index contributed by atoms with van der Waals surface area (Å²) in [6, 6.07) is 11.7. The van der Waals surface area contributed by atoms with E-state index in [9.17, 15) is 18.3 Å². The molecule has 1 aromatic heterocycles. The zero-order valence-electron chi connectivity index (χ0n) is 17.8. The van der Waals surface area contributed by atoms with Gasteiger partial charge in [-0.2, -0.15) is 18.2 Å². The first kappa shape index (κ1) is 22.5. The van der Waals surface area contributed by atoms with Crippen molar-refractivity contribution in [2.45, 2.75) is 57.3 Å². The number of nitrogens with one attached hydrogen (secondary N) is 1. The number of hydrogen-bond acceptors (Lipinski definition) is 5. The van der Waals surface area contributed by atoms with Gasteiger partial charge < -0.3 is 14.9 Å². The van der Waals surface area contributed by atoms with E-state index in [4.69, 9.17) is 4.52 Å². The molecule has 0 radical (unpaired) electrons. The highest BCUT2D eigenvalue weighted by atomic mass is 19.4. The predicted molar refractivity (Wildman–Crippen MR) is 114 cm³/mol. The molecule has 0 spiro atoms. The summed E-state index contributed by atoms with van der Waals surface area (Å²) in [4.78, 5) is 4.21. The lowest BCUT2D eigenvalue weighted by atomic mass is 9.96. The van der Waals surface area contributed by atoms with Crippen molar-refractivity contribution in [3.63, 3.8) is 0 Å². The van der Waals surface area contributed by atoms with E-state index in [1.807, 2.05) is 24.3 Å². The van der Waals surface area contributed by atoms with Gasteiger partial charge >= 0.3 is 6.18 Å². The molecule has 2 atom stereocenters. The molecule has 8 heteroatoms. The first-order valence-corrected chi connectivity index (χ1v) is 10.9. The second-order valence-electron chi connectivity index (χ2n) is 8.18. The van der Waals surface area contributed by atoms with Crippen molar-refractivity contribution in [3.05, 3.63) is 70.6 Å². The Bertz CT molecular complexity index is 1050. The molecule has 1 aliphatic heterocycles. The molecule has 5 nitrogen and oxygen atoms in total. The third-order valence-corrected chi connectivity index (χ3v) is 5.82. The van der Waals surface area contributed by atoms with Crippen molar-refractivity contribution in [1.29, 1.82) is 0 Å². The van der Waals surface area contributed by atoms with Gasteiger partial charge in [-0.05, 0) is 55.0 Å². The molecule has 2 aromatic carbocycles. The summed E-state index contributed by atoms with van der Waals surface area (Å²) < 4.78 is 46.6. The Morgan fingerprint density at radius 2 is 1.78 bits per heavy atom. The minimum Gasteiger partial charge on any atom is -0.391 e. The molecule has 1 fully saturated rings. The van der Waals surface area contributed by atoms with Crippen molar-refractivity contribution in [2.75, 3.05) is 6.54 Å². The molecule has 0 amide bonds. The quantitative estimate of drug-likeness (QED) is 0.542. The molecule has 0 aliphatic carbocycles. The fourth-order valence-electron chi connectivity index (χ4n) is 4.06. The lowest BCUT2D eigenvalue weighted by Gasteiger charge is -2.14. The zero-order chi connectivity index (χ0) is 22.7. The van der Waals surface area contributed by atoms with Crippen LogP contribution in [0.4, 0.5) is 13.2 Å². The van der Waals surface area contributed by atoms with Crippen LogP contribution in [0, 0.1) is 0 Å². The van der Waals surface area contributed by atoms with Crippen LogP contribution in [0.25, 0.3) is 11.4 Å². The third-order valence-electron chi connectivity index (χ3n) is 5.82. The number of benzene rings is 2. The van der Waals surface area contributed by atoms with Gasteiger partial charge in [0, 0.05) is 5.56 Å². The maximum atomic E-state index is 13.8. The Balaban J connectivity index is 1.54. The average molecular weight is 445 g/mol. The highest BCUT2D eigenvalue weighted by molar-refractivity contribution is 5.57. The second-order valence-corrected chi connectivity index (χ2v) is 8.18. The van der Waals surface area contributed by atoms with Gasteiger partial charge in [-0.3, -0.25) is 0 Å². The van der Waals surface area contributed by atoms with Crippen LogP contribution in [-0.2, 0) is 25.4 Å². The van der Waals surface area contributed by atoms with Crippen LogP contribution in [0.5, 0.6) is 0 Å². The summed E-state index contributed by atoms with van der Waals surface area (Å²) in [7, 11) is 0. The molecule has 170 valence electrons. The molecule has 2 N–H and O–H groups in total. The van der Waals surface area contributed by atoms with E-state index in [-0.39, 0.29) is 29.3 Å². The highest BCUT2D eigenvalue weighted by Crippen LogP contribution is 2.35. The lowest BCUT2D eigenvalue weighted by molar-refractivity contribution is -0.138. The van der Waals surface area contributed by atoms with Crippen LogP contribution in [0.3, 0.4) is 0 Å². The topological polar surface area (TPSA) is 71.2 Å². The number of hydrogen-bond donors (Lipinski definition) is 2. The smallest absolute Gasteiger partial charge is 0.391 e. The largest absolute Gasteiger partial charge is 0.416 e. The van der Waals surface area contributed by atoms with Crippen molar-refractivity contribution >= 4 is 0 Å². The molecular weight excluding hydrogens is 419 g/mol. The molecule has 4 rings (SSSR count). The lowest BCUT2D eigenvalue weighted by Crippen LogP contribution is -2.21. The molecule has 0 unspecified atom stereocenters. The van der Waals surface area contributed by atoms with E-state index < -0.39 is 23.9 Å². The first-order valence-electron chi connectivity index (χ1n) is 10.9. The van der Waals surface area contributed by atoms with E-state index in [2.05, 4.69) is 22.4 Å². The normalized spacial score (nSPS) is 18.9. The van der Waals surface area contributed by atoms with Crippen LogP contribution in [-0.4, -0.2) is 27.9 Å². The maximum Gasteiger partial charge on any atom is 0.416 e. The minimum absolute atomic E-state index is 0.0736. The second kappa shape index (κ2) is 9.42. The Morgan fingerprint density at radius 1 is 1.06 bits per heavy atom. The van der Waals surface area contributed by atoms with Gasteiger partial charge in [-0.25, -0.2) is 0 Å². The van der Waals surface area contributed by atoms with E-state index in [0.29, 0.717) is 19.4 Å². The average Bonchev–Trinajstić information content (AvgIpc) is 3.41. The molecule has 32 heavy (non-hydrogen) atoms. The van der Waals surface area contributed by atoms with E-state index in [1.54, 1.807) is 6.07 Å². The van der Waals surface area contributed by atoms with Gasteiger partial charge in [-0.1, -0.05) is 54.9 Å². The van der Waals surface area contributed by atoms with E-state index in [1.165, 1.54) is 11.6 Å². The summed E-state index contributed by atoms with van der Waals surface area (Å²) >= 11 is 0. The molecule has 3 aromatic rings. The van der Waals surface area contributed by atoms with Gasteiger partial charge in [0.15, 0.2) is 0 Å². The third kappa shape index (κ3) is 5.02. The van der Waals surface area contributed by atoms with Gasteiger partial charge in [0.05, 0.1) is 11.7 Å². The van der Waals surface area contributed by atoms with Gasteiger partial charge in [-0.15, -0.1) is 0 Å². The fourth-order valence-corrected chi connectivity index (χ4v) is 4.06. The fraction of sp³-hybridized carbons (Fsp3) is 0.417. The summed E-state index contributed by atoms with van der Waals surface area (Å²) in [6.07, 6.45) is -1.76. The van der Waals surface area contributed by atoms with Crippen LogP contribution in [0.1, 0.15) is 54.0 Å². The predicted octanol–water partition coefficient (Wildman–Crippen LogP) is 4.89. The standard InChI is InChI=1S/C24H26F3N3O2/c1-2-3-15-4-6-16(7-5-15)8-9-17-10-11-18(14-19(17)24(25,26)27)22-29-23(32-30-22)21-20(31)12-13-28-21/h4-7,10-11,14,20-21,28,31H,2-3,8-9,12-13H2,1H3/t20-,21-/m0/s1. The number of nitrogens with zero attached hydrogens (tertiary/aromatic N) is 2. The molecule has 1 saturated heterocycles. The van der Waals surface area contributed by atoms with Crippen molar-refractivity contribution < 1.29 is 22.8 Å². The number of alkyl halides is 3. The van der Waals surface area contributed by atoms with Crippen LogP contribution in [0.2, 0.25) is 0 Å². The van der Waals surface area contributed by atoms with E-state index in [0.717, 1.165) is 24.5 Å². The highest BCUT2D eigenvalue weighted by Gasteiger charge is 2.34. The summed E-state index contributed by atoms with van der Waals surface area (Å²) in [5.41, 5.74) is 2.01. The van der Waals surface area contributed by atoms with Crippen molar-refractivity contribution in [3.8, 4) is 11.4 Å². The Hall–Kier alpha value is -2.71. The summed E-state index contributed by atoms with van der Waals surface area (Å²) in [6.45, 7) is 2.72. The van der Waals surface area contributed by atoms with Crippen LogP contribution >= 0.6 is 0 Å².